The molecule has 1 aromatic heterocycles. The fraction of sp³-hybridized carbons (Fsp3) is 0.312. The standard InChI is InChI=1S/C32H33FN6O5/c1-4-31(20-35-38-34)28(40)27(33)29(44-31)39-19-18-26(36-30(39)41)37-32(21-8-6-5-7-9-21,22-10-14-24(42-2)15-11-22)23-12-16-25(43-3)17-13-23/h5-19,27-29,40H,4,20H2,1-3H3,(H,36,37,41)/t27-,28+,29-,31+/m1/s1. The molecule has 228 valence electrons. The number of aliphatic hydroxyl groups excluding tert-OH is 1. The molecule has 0 bridgehead atoms. The maximum absolute atomic E-state index is 15.4. The molecular weight excluding hydrogens is 567 g/mol. The molecule has 3 aromatic carbocycles. The molecule has 44 heavy (non-hydrogen) atoms. The second-order valence-electron chi connectivity index (χ2n) is 10.4. The second-order valence-corrected chi connectivity index (χ2v) is 10.4. The lowest BCUT2D eigenvalue weighted by atomic mass is 9.77. The number of hydrogen-bond acceptors (Lipinski definition) is 8. The zero-order chi connectivity index (χ0) is 31.3. The lowest BCUT2D eigenvalue weighted by Gasteiger charge is -2.37. The molecule has 1 fully saturated rings. The van der Waals surface area contributed by atoms with E-state index >= 15 is 4.39 Å². The summed E-state index contributed by atoms with van der Waals surface area (Å²) < 4.78 is 33.1. The van der Waals surface area contributed by atoms with Gasteiger partial charge in [0, 0.05) is 11.1 Å². The number of halogens is 1. The summed E-state index contributed by atoms with van der Waals surface area (Å²) in [5.74, 6) is 1.56. The van der Waals surface area contributed by atoms with Crippen LogP contribution < -0.4 is 20.5 Å². The monoisotopic (exact) mass is 600 g/mol. The molecule has 0 amide bonds. The molecule has 0 radical (unpaired) electrons. The lowest BCUT2D eigenvalue weighted by molar-refractivity contribution is -0.0999. The summed E-state index contributed by atoms with van der Waals surface area (Å²) in [5, 5.41) is 17.7. The fourth-order valence-corrected chi connectivity index (χ4v) is 5.67. The number of nitrogens with zero attached hydrogens (tertiary/aromatic N) is 5. The van der Waals surface area contributed by atoms with Crippen LogP contribution in [0.15, 0.2) is 101 Å². The van der Waals surface area contributed by atoms with Crippen LogP contribution in [0, 0.1) is 0 Å². The number of hydrogen-bond donors (Lipinski definition) is 2. The van der Waals surface area contributed by atoms with Crippen LogP contribution in [0.25, 0.3) is 10.4 Å². The highest BCUT2D eigenvalue weighted by Crippen LogP contribution is 2.42. The van der Waals surface area contributed by atoms with Crippen LogP contribution >= 0.6 is 0 Å². The van der Waals surface area contributed by atoms with E-state index in [-0.39, 0.29) is 18.8 Å². The number of aliphatic hydroxyl groups is 1. The van der Waals surface area contributed by atoms with E-state index in [2.05, 4.69) is 20.3 Å². The van der Waals surface area contributed by atoms with Gasteiger partial charge in [0.2, 0.25) is 0 Å². The second kappa shape index (κ2) is 12.8. The minimum atomic E-state index is -1.95. The molecule has 2 N–H and O–H groups in total. The Hall–Kier alpha value is -4.90. The molecule has 4 aromatic rings. The molecule has 2 heterocycles. The molecule has 0 saturated carbocycles. The van der Waals surface area contributed by atoms with E-state index in [1.807, 2.05) is 78.9 Å². The van der Waals surface area contributed by atoms with Gasteiger partial charge in [0.15, 0.2) is 12.4 Å². The fourth-order valence-electron chi connectivity index (χ4n) is 5.67. The third-order valence-corrected chi connectivity index (χ3v) is 8.14. The zero-order valence-electron chi connectivity index (χ0n) is 24.5. The summed E-state index contributed by atoms with van der Waals surface area (Å²) in [7, 11) is 3.19. The van der Waals surface area contributed by atoms with Crippen LogP contribution in [0.4, 0.5) is 10.2 Å². The molecular formula is C32H33FN6O5. The van der Waals surface area contributed by atoms with Crippen LogP contribution in [0.3, 0.4) is 0 Å². The topological polar surface area (TPSA) is 144 Å². The first kappa shape index (κ1) is 30.6. The van der Waals surface area contributed by atoms with E-state index in [1.165, 1.54) is 6.20 Å². The SMILES string of the molecule is CC[C@@]1(CN=[N+]=[N-])O[C@@H](n2ccc(NC(c3ccccc3)(c3ccc(OC)cc3)c3ccc(OC)cc3)nc2=O)[C@H](F)[C@@H]1O. The van der Waals surface area contributed by atoms with E-state index in [0.717, 1.165) is 21.3 Å². The van der Waals surface area contributed by atoms with E-state index < -0.39 is 35.3 Å². The summed E-state index contributed by atoms with van der Waals surface area (Å²) >= 11 is 0. The number of alkyl halides is 1. The van der Waals surface area contributed by atoms with Crippen molar-refractivity contribution in [2.24, 2.45) is 5.11 Å². The van der Waals surface area contributed by atoms with Gasteiger partial charge in [0.1, 0.15) is 34.6 Å². The molecule has 4 atom stereocenters. The summed E-state index contributed by atoms with van der Waals surface area (Å²) in [6.45, 7) is 1.39. The van der Waals surface area contributed by atoms with E-state index in [9.17, 15) is 9.90 Å². The quantitative estimate of drug-likeness (QED) is 0.102. The van der Waals surface area contributed by atoms with Gasteiger partial charge in [0.25, 0.3) is 0 Å². The maximum atomic E-state index is 15.4. The number of methoxy groups -OCH3 is 2. The van der Waals surface area contributed by atoms with Gasteiger partial charge in [0.05, 0.1) is 20.8 Å². The number of rotatable bonds is 11. The van der Waals surface area contributed by atoms with Crippen LogP contribution in [-0.2, 0) is 10.3 Å². The summed E-state index contributed by atoms with van der Waals surface area (Å²) in [4.78, 5) is 20.4. The van der Waals surface area contributed by atoms with Crippen LogP contribution in [-0.4, -0.2) is 53.3 Å². The Morgan fingerprint density at radius 1 is 1.02 bits per heavy atom. The Morgan fingerprint density at radius 2 is 1.59 bits per heavy atom. The van der Waals surface area contributed by atoms with Crippen LogP contribution in [0.2, 0.25) is 0 Å². The number of aromatic nitrogens is 2. The van der Waals surface area contributed by atoms with Crippen molar-refractivity contribution in [2.45, 2.75) is 43.0 Å². The van der Waals surface area contributed by atoms with E-state index in [4.69, 9.17) is 19.7 Å². The van der Waals surface area contributed by atoms with Crippen molar-refractivity contribution >= 4 is 5.82 Å². The van der Waals surface area contributed by atoms with Crippen molar-refractivity contribution in [3.63, 3.8) is 0 Å². The highest BCUT2D eigenvalue weighted by Gasteiger charge is 2.54. The average Bonchev–Trinajstić information content (AvgIpc) is 3.32. The molecule has 1 saturated heterocycles. The minimum absolute atomic E-state index is 0.162. The Kier molecular flexibility index (Phi) is 8.86. The molecule has 5 rings (SSSR count). The number of anilines is 1. The highest BCUT2D eigenvalue weighted by atomic mass is 19.1. The van der Waals surface area contributed by atoms with Gasteiger partial charge in [-0.15, -0.1) is 0 Å². The van der Waals surface area contributed by atoms with E-state index in [0.29, 0.717) is 11.5 Å². The van der Waals surface area contributed by atoms with Gasteiger partial charge in [-0.2, -0.15) is 4.98 Å². The maximum Gasteiger partial charge on any atom is 0.351 e. The van der Waals surface area contributed by atoms with Crippen molar-refractivity contribution in [1.29, 1.82) is 0 Å². The van der Waals surface area contributed by atoms with Crippen molar-refractivity contribution < 1.29 is 23.7 Å². The van der Waals surface area contributed by atoms with Crippen molar-refractivity contribution in [2.75, 3.05) is 26.1 Å². The first-order chi connectivity index (χ1) is 21.3. The molecule has 11 nitrogen and oxygen atoms in total. The first-order valence-corrected chi connectivity index (χ1v) is 14.0. The van der Waals surface area contributed by atoms with E-state index in [1.54, 1.807) is 27.2 Å². The number of benzene rings is 3. The van der Waals surface area contributed by atoms with Gasteiger partial charge in [-0.3, -0.25) is 4.57 Å². The normalized spacial score (nSPS) is 21.3. The molecule has 12 heteroatoms. The number of nitrogens with one attached hydrogen (secondary N) is 1. The number of azide groups is 1. The Balaban J connectivity index is 1.61. The van der Waals surface area contributed by atoms with Gasteiger partial charge in [-0.05, 0) is 59.0 Å². The molecule has 0 aliphatic carbocycles. The summed E-state index contributed by atoms with van der Waals surface area (Å²) in [5.41, 5.74) is 7.99. The average molecular weight is 601 g/mol. The highest BCUT2D eigenvalue weighted by molar-refractivity contribution is 5.59. The third-order valence-electron chi connectivity index (χ3n) is 8.14. The molecule has 1 aliphatic heterocycles. The van der Waals surface area contributed by atoms with Gasteiger partial charge < -0.3 is 24.6 Å². The molecule has 0 unspecified atom stereocenters. The first-order valence-electron chi connectivity index (χ1n) is 14.0. The molecule has 0 spiro atoms. The minimum Gasteiger partial charge on any atom is -0.497 e. The third kappa shape index (κ3) is 5.46. The summed E-state index contributed by atoms with van der Waals surface area (Å²) in [6.07, 6.45) is -3.49. The van der Waals surface area contributed by atoms with Crippen molar-refractivity contribution in [3.05, 3.63) is 129 Å². The number of ether oxygens (including phenoxy) is 3. The van der Waals surface area contributed by atoms with Crippen LogP contribution in [0.5, 0.6) is 11.5 Å². The Labute approximate surface area is 253 Å². The largest absolute Gasteiger partial charge is 0.497 e. The predicted octanol–water partition coefficient (Wildman–Crippen LogP) is 5.35. The Morgan fingerprint density at radius 3 is 2.09 bits per heavy atom. The predicted molar refractivity (Wildman–Crippen MR) is 162 cm³/mol. The Bertz CT molecular complexity index is 1630. The smallest absolute Gasteiger partial charge is 0.351 e. The lowest BCUT2D eigenvalue weighted by Crippen LogP contribution is -2.44. The van der Waals surface area contributed by atoms with Crippen LogP contribution in [0.1, 0.15) is 36.3 Å². The van der Waals surface area contributed by atoms with Gasteiger partial charge in [-0.25, -0.2) is 9.18 Å². The zero-order valence-corrected chi connectivity index (χ0v) is 24.5. The summed E-state index contributed by atoms with van der Waals surface area (Å²) in [6, 6.07) is 26.4. The van der Waals surface area contributed by atoms with Crippen molar-refractivity contribution in [3.8, 4) is 11.5 Å². The van der Waals surface area contributed by atoms with Gasteiger partial charge in [-0.1, -0.05) is 66.6 Å². The van der Waals surface area contributed by atoms with Crippen molar-refractivity contribution in [1.82, 2.24) is 9.55 Å². The molecule has 1 aliphatic rings. The van der Waals surface area contributed by atoms with Gasteiger partial charge >= 0.3 is 5.69 Å².